The number of phenolic OH excluding ortho intramolecular Hbond substituents is 1. The second-order valence-electron chi connectivity index (χ2n) is 3.86. The van der Waals surface area contributed by atoms with E-state index in [9.17, 15) is 9.50 Å². The Morgan fingerprint density at radius 3 is 2.59 bits per heavy atom. The minimum absolute atomic E-state index is 0.0426. The van der Waals surface area contributed by atoms with Crippen LogP contribution in [0, 0.1) is 24.1 Å². The van der Waals surface area contributed by atoms with Gasteiger partial charge in [-0.15, -0.1) is 0 Å². The first-order valence-corrected chi connectivity index (χ1v) is 5.11. The maximum atomic E-state index is 13.7. The van der Waals surface area contributed by atoms with Crippen LogP contribution >= 0.6 is 0 Å². The van der Waals surface area contributed by atoms with Gasteiger partial charge in [0.2, 0.25) is 0 Å². The van der Waals surface area contributed by atoms with Crippen LogP contribution in [0.3, 0.4) is 0 Å². The number of aromatic hydroxyl groups is 1. The van der Waals surface area contributed by atoms with Crippen molar-refractivity contribution in [3.63, 3.8) is 0 Å². The Balaban J connectivity index is 2.61. The molecule has 3 heteroatoms. The smallest absolute Gasteiger partial charge is 0.131 e. The summed E-state index contributed by atoms with van der Waals surface area (Å²) in [5.41, 5.74) is 2.01. The molecule has 0 amide bonds. The molecule has 1 N–H and O–H groups in total. The fourth-order valence-corrected chi connectivity index (χ4v) is 1.69. The Morgan fingerprint density at radius 2 is 1.94 bits per heavy atom. The highest BCUT2D eigenvalue weighted by Crippen LogP contribution is 2.27. The molecule has 0 radical (unpaired) electrons. The van der Waals surface area contributed by atoms with Crippen molar-refractivity contribution in [3.05, 3.63) is 53.3 Å². The van der Waals surface area contributed by atoms with Crippen LogP contribution in [0.5, 0.6) is 5.75 Å². The van der Waals surface area contributed by atoms with E-state index >= 15 is 0 Å². The maximum Gasteiger partial charge on any atom is 0.131 e. The van der Waals surface area contributed by atoms with Crippen molar-refractivity contribution < 1.29 is 9.50 Å². The summed E-state index contributed by atoms with van der Waals surface area (Å²) >= 11 is 0. The first-order valence-electron chi connectivity index (χ1n) is 5.11. The molecule has 0 aliphatic heterocycles. The molecule has 17 heavy (non-hydrogen) atoms. The highest BCUT2D eigenvalue weighted by atomic mass is 19.1. The van der Waals surface area contributed by atoms with E-state index in [2.05, 4.69) is 0 Å². The third-order valence-electron chi connectivity index (χ3n) is 2.48. The van der Waals surface area contributed by atoms with Crippen molar-refractivity contribution in [2.24, 2.45) is 0 Å². The van der Waals surface area contributed by atoms with Gasteiger partial charge in [0.05, 0.1) is 11.6 Å². The third-order valence-corrected chi connectivity index (χ3v) is 2.48. The molecule has 0 aliphatic rings. The van der Waals surface area contributed by atoms with E-state index in [1.54, 1.807) is 25.1 Å². The molecule has 0 saturated heterocycles. The summed E-state index contributed by atoms with van der Waals surface area (Å²) < 4.78 is 13.7. The second-order valence-corrected chi connectivity index (χ2v) is 3.86. The van der Waals surface area contributed by atoms with Crippen molar-refractivity contribution >= 4 is 0 Å². The molecule has 2 rings (SSSR count). The zero-order chi connectivity index (χ0) is 12.4. The maximum absolute atomic E-state index is 13.7. The molecular formula is C14H10FNO. The highest BCUT2D eigenvalue weighted by Gasteiger charge is 2.07. The lowest BCUT2D eigenvalue weighted by atomic mass is 10.0. The molecule has 0 aliphatic carbocycles. The Hall–Kier alpha value is -2.34. The van der Waals surface area contributed by atoms with Gasteiger partial charge in [0.25, 0.3) is 0 Å². The van der Waals surface area contributed by atoms with Crippen LogP contribution in [-0.4, -0.2) is 5.11 Å². The van der Waals surface area contributed by atoms with Gasteiger partial charge in [-0.05, 0) is 42.3 Å². The third kappa shape index (κ3) is 2.26. The molecule has 0 saturated carbocycles. The van der Waals surface area contributed by atoms with Gasteiger partial charge in [-0.2, -0.15) is 5.26 Å². The Kier molecular flexibility index (Phi) is 2.80. The minimum Gasteiger partial charge on any atom is -0.508 e. The van der Waals surface area contributed by atoms with Crippen LogP contribution in [0.25, 0.3) is 11.1 Å². The monoisotopic (exact) mass is 227 g/mol. The molecule has 0 unspecified atom stereocenters. The highest BCUT2D eigenvalue weighted by molar-refractivity contribution is 5.68. The molecule has 0 fully saturated rings. The average Bonchev–Trinajstić information content (AvgIpc) is 2.28. The van der Waals surface area contributed by atoms with Crippen molar-refractivity contribution in [2.75, 3.05) is 0 Å². The summed E-state index contributed by atoms with van der Waals surface area (Å²) in [6.45, 7) is 1.80. The first-order chi connectivity index (χ1) is 8.10. The number of nitriles is 1. The number of nitrogens with zero attached hydrogens (tertiary/aromatic N) is 1. The van der Waals surface area contributed by atoms with Gasteiger partial charge in [-0.3, -0.25) is 0 Å². The van der Waals surface area contributed by atoms with Gasteiger partial charge in [0.15, 0.2) is 0 Å². The lowest BCUT2D eigenvalue weighted by Gasteiger charge is -2.05. The number of hydrogen-bond acceptors (Lipinski definition) is 2. The fourth-order valence-electron chi connectivity index (χ4n) is 1.69. The van der Waals surface area contributed by atoms with E-state index in [1.165, 1.54) is 18.2 Å². The van der Waals surface area contributed by atoms with Crippen LogP contribution in [0.4, 0.5) is 4.39 Å². The van der Waals surface area contributed by atoms with Gasteiger partial charge in [0, 0.05) is 5.56 Å². The summed E-state index contributed by atoms with van der Waals surface area (Å²) in [6.07, 6.45) is 0. The lowest BCUT2D eigenvalue weighted by Crippen LogP contribution is -1.87. The fraction of sp³-hybridized carbons (Fsp3) is 0.0714. The topological polar surface area (TPSA) is 44.0 Å². The zero-order valence-corrected chi connectivity index (χ0v) is 9.24. The van der Waals surface area contributed by atoms with Gasteiger partial charge in [-0.25, -0.2) is 4.39 Å². The average molecular weight is 227 g/mol. The molecular weight excluding hydrogens is 217 g/mol. The molecule has 0 heterocycles. The molecule has 2 aromatic rings. The second kappa shape index (κ2) is 4.26. The number of halogens is 1. The summed E-state index contributed by atoms with van der Waals surface area (Å²) in [5, 5.41) is 18.3. The Bertz CT molecular complexity index is 614. The van der Waals surface area contributed by atoms with Crippen LogP contribution in [0.2, 0.25) is 0 Å². The van der Waals surface area contributed by atoms with Gasteiger partial charge in [-0.1, -0.05) is 12.1 Å². The van der Waals surface area contributed by atoms with Crippen LogP contribution in [-0.2, 0) is 0 Å². The molecule has 0 spiro atoms. The van der Waals surface area contributed by atoms with Crippen LogP contribution < -0.4 is 0 Å². The minimum atomic E-state index is -0.362. The number of hydrogen-bond donors (Lipinski definition) is 1. The number of rotatable bonds is 1. The van der Waals surface area contributed by atoms with E-state index in [-0.39, 0.29) is 11.6 Å². The molecule has 84 valence electrons. The van der Waals surface area contributed by atoms with Crippen molar-refractivity contribution in [3.8, 4) is 22.9 Å². The van der Waals surface area contributed by atoms with Crippen LogP contribution in [0.15, 0.2) is 36.4 Å². The van der Waals surface area contributed by atoms with E-state index in [4.69, 9.17) is 5.26 Å². The normalized spacial score (nSPS) is 9.94. The van der Waals surface area contributed by atoms with Gasteiger partial charge in [0.1, 0.15) is 11.6 Å². The summed E-state index contributed by atoms with van der Waals surface area (Å²) in [5.74, 6) is -0.404. The first kappa shape index (κ1) is 11.2. The molecule has 2 aromatic carbocycles. The molecule has 0 bridgehead atoms. The standard InChI is InChI=1S/C14H10FNO/c1-9-2-3-13(14(15)4-9)11-5-10(8-16)6-12(17)7-11/h2-7,17H,1H3. The van der Waals surface area contributed by atoms with Gasteiger partial charge >= 0.3 is 0 Å². The van der Waals surface area contributed by atoms with Crippen molar-refractivity contribution in [2.45, 2.75) is 6.92 Å². The Morgan fingerprint density at radius 1 is 1.18 bits per heavy atom. The zero-order valence-electron chi connectivity index (χ0n) is 9.24. The largest absolute Gasteiger partial charge is 0.508 e. The number of aryl methyl sites for hydroxylation is 1. The van der Waals surface area contributed by atoms with E-state index < -0.39 is 0 Å². The lowest BCUT2D eigenvalue weighted by molar-refractivity contribution is 0.475. The Labute approximate surface area is 98.6 Å². The summed E-state index contributed by atoms with van der Waals surface area (Å²) in [6, 6.07) is 11.1. The molecule has 0 aromatic heterocycles. The predicted octanol–water partition coefficient (Wildman–Crippen LogP) is 3.38. The van der Waals surface area contributed by atoms with E-state index in [0.717, 1.165) is 5.56 Å². The number of phenols is 1. The van der Waals surface area contributed by atoms with E-state index in [1.807, 2.05) is 6.07 Å². The molecule has 2 nitrogen and oxygen atoms in total. The SMILES string of the molecule is Cc1ccc(-c2cc(O)cc(C#N)c2)c(F)c1. The van der Waals surface area contributed by atoms with Crippen LogP contribution in [0.1, 0.15) is 11.1 Å². The number of benzene rings is 2. The van der Waals surface area contributed by atoms with Gasteiger partial charge < -0.3 is 5.11 Å². The summed E-state index contributed by atoms with van der Waals surface area (Å²) in [4.78, 5) is 0. The summed E-state index contributed by atoms with van der Waals surface area (Å²) in [7, 11) is 0. The molecule has 0 atom stereocenters. The van der Waals surface area contributed by atoms with Crippen molar-refractivity contribution in [1.29, 1.82) is 5.26 Å². The van der Waals surface area contributed by atoms with Crippen molar-refractivity contribution in [1.82, 2.24) is 0 Å². The van der Waals surface area contributed by atoms with E-state index in [0.29, 0.717) is 16.7 Å². The predicted molar refractivity (Wildman–Crippen MR) is 63.0 cm³/mol. The quantitative estimate of drug-likeness (QED) is 0.811.